The quantitative estimate of drug-likeness (QED) is 0.636. The molecule has 0 saturated carbocycles. The monoisotopic (exact) mass is 332 g/mol. The van der Waals surface area contributed by atoms with Gasteiger partial charge < -0.3 is 4.90 Å². The molecule has 6 nitrogen and oxygen atoms in total. The molecule has 1 aliphatic heterocycles. The van der Waals surface area contributed by atoms with Gasteiger partial charge in [0, 0.05) is 55.4 Å². The molecule has 0 radical (unpaired) electrons. The third-order valence-electron chi connectivity index (χ3n) is 4.20. The first kappa shape index (κ1) is 15.9. The lowest BCUT2D eigenvalue weighted by molar-refractivity contribution is -0.385. The van der Waals surface area contributed by atoms with E-state index in [2.05, 4.69) is 20.2 Å². The second-order valence-corrected chi connectivity index (χ2v) is 6.54. The Labute approximate surface area is 139 Å². The van der Waals surface area contributed by atoms with E-state index in [0.29, 0.717) is 0 Å². The molecule has 3 rings (SSSR count). The van der Waals surface area contributed by atoms with Gasteiger partial charge in [0.15, 0.2) is 0 Å². The van der Waals surface area contributed by atoms with Crippen molar-refractivity contribution in [2.75, 3.05) is 31.1 Å². The summed E-state index contributed by atoms with van der Waals surface area (Å²) in [7, 11) is 0. The second kappa shape index (κ2) is 7.06. The molecule has 0 unspecified atom stereocenters. The van der Waals surface area contributed by atoms with Crippen LogP contribution in [0.2, 0.25) is 0 Å². The minimum Gasteiger partial charge on any atom is -0.370 e. The van der Waals surface area contributed by atoms with Crippen molar-refractivity contribution in [3.8, 4) is 0 Å². The van der Waals surface area contributed by atoms with Gasteiger partial charge >= 0.3 is 0 Å². The largest absolute Gasteiger partial charge is 0.370 e. The lowest BCUT2D eigenvalue weighted by Gasteiger charge is -2.23. The van der Waals surface area contributed by atoms with Crippen LogP contribution in [-0.2, 0) is 6.54 Å². The standard InChI is InChI=1S/C16H20N4O2S/c1-13-9-15(3-4-16(13)20(21)22)19-6-2-5-18(7-8-19)10-14-11-23-12-17-14/h3-4,9,11-12H,2,5-8,10H2,1H3. The summed E-state index contributed by atoms with van der Waals surface area (Å²) in [4.78, 5) is 19.7. The van der Waals surface area contributed by atoms with Crippen molar-refractivity contribution in [1.29, 1.82) is 0 Å². The normalized spacial score (nSPS) is 16.3. The molecule has 1 aromatic carbocycles. The molecule has 2 aromatic rings. The molecule has 0 bridgehead atoms. The smallest absolute Gasteiger partial charge is 0.272 e. The van der Waals surface area contributed by atoms with E-state index >= 15 is 0 Å². The average Bonchev–Trinajstić information content (AvgIpc) is 2.91. The Morgan fingerprint density at radius 3 is 2.87 bits per heavy atom. The van der Waals surface area contributed by atoms with E-state index in [4.69, 9.17) is 0 Å². The first-order valence-corrected chi connectivity index (χ1v) is 8.67. The van der Waals surface area contributed by atoms with E-state index in [0.717, 1.165) is 56.1 Å². The van der Waals surface area contributed by atoms with E-state index in [1.165, 1.54) is 0 Å². The van der Waals surface area contributed by atoms with Crippen LogP contribution in [0.15, 0.2) is 29.1 Å². The van der Waals surface area contributed by atoms with Gasteiger partial charge in [-0.05, 0) is 25.5 Å². The number of aryl methyl sites for hydroxylation is 1. The summed E-state index contributed by atoms with van der Waals surface area (Å²) in [5, 5.41) is 13.0. The van der Waals surface area contributed by atoms with E-state index in [-0.39, 0.29) is 10.6 Å². The highest BCUT2D eigenvalue weighted by Crippen LogP contribution is 2.25. The number of hydrogen-bond acceptors (Lipinski definition) is 6. The zero-order valence-electron chi connectivity index (χ0n) is 13.1. The number of thiazole rings is 1. The average molecular weight is 332 g/mol. The van der Waals surface area contributed by atoms with Crippen LogP contribution in [0, 0.1) is 17.0 Å². The Kier molecular flexibility index (Phi) is 4.88. The van der Waals surface area contributed by atoms with Crippen LogP contribution in [-0.4, -0.2) is 41.0 Å². The topological polar surface area (TPSA) is 62.5 Å². The third-order valence-corrected chi connectivity index (χ3v) is 4.84. The number of anilines is 1. The zero-order chi connectivity index (χ0) is 16.2. The van der Waals surface area contributed by atoms with E-state index in [1.54, 1.807) is 24.3 Å². The van der Waals surface area contributed by atoms with Gasteiger partial charge in [-0.15, -0.1) is 11.3 Å². The molecule has 1 fully saturated rings. The summed E-state index contributed by atoms with van der Waals surface area (Å²) in [6.07, 6.45) is 1.08. The molecule has 1 aliphatic rings. The molecule has 1 saturated heterocycles. The number of nitro benzene ring substituents is 1. The zero-order valence-corrected chi connectivity index (χ0v) is 14.0. The molecule has 7 heteroatoms. The van der Waals surface area contributed by atoms with E-state index in [9.17, 15) is 10.1 Å². The first-order chi connectivity index (χ1) is 11.1. The molecule has 0 spiro atoms. The van der Waals surface area contributed by atoms with Crippen molar-refractivity contribution in [3.63, 3.8) is 0 Å². The van der Waals surface area contributed by atoms with Crippen LogP contribution in [0.25, 0.3) is 0 Å². The van der Waals surface area contributed by atoms with Gasteiger partial charge in [0.2, 0.25) is 0 Å². The highest BCUT2D eigenvalue weighted by Gasteiger charge is 2.18. The van der Waals surface area contributed by atoms with Crippen LogP contribution in [0.1, 0.15) is 17.7 Å². The van der Waals surface area contributed by atoms with Gasteiger partial charge in [-0.2, -0.15) is 0 Å². The van der Waals surface area contributed by atoms with Gasteiger partial charge in [0.05, 0.1) is 16.1 Å². The van der Waals surface area contributed by atoms with Crippen LogP contribution in [0.4, 0.5) is 11.4 Å². The van der Waals surface area contributed by atoms with Gasteiger partial charge in [-0.25, -0.2) is 4.98 Å². The van der Waals surface area contributed by atoms with Gasteiger partial charge in [0.25, 0.3) is 5.69 Å². The molecule has 0 N–H and O–H groups in total. The summed E-state index contributed by atoms with van der Waals surface area (Å²) in [6.45, 7) is 6.64. The van der Waals surface area contributed by atoms with Gasteiger partial charge in [-0.1, -0.05) is 0 Å². The number of hydrogen-bond donors (Lipinski definition) is 0. The highest BCUT2D eigenvalue weighted by atomic mass is 32.1. The van der Waals surface area contributed by atoms with E-state index in [1.807, 2.05) is 17.6 Å². The summed E-state index contributed by atoms with van der Waals surface area (Å²) in [5.41, 5.74) is 4.99. The fourth-order valence-corrected chi connectivity index (χ4v) is 3.52. The fraction of sp³-hybridized carbons (Fsp3) is 0.438. The Balaban J connectivity index is 1.65. The molecule has 23 heavy (non-hydrogen) atoms. The van der Waals surface area contributed by atoms with Crippen LogP contribution >= 0.6 is 11.3 Å². The molecule has 0 atom stereocenters. The SMILES string of the molecule is Cc1cc(N2CCCN(Cc3cscn3)CC2)ccc1[N+](=O)[O-]. The number of nitrogens with zero attached hydrogens (tertiary/aromatic N) is 4. The summed E-state index contributed by atoms with van der Waals surface area (Å²) < 4.78 is 0. The van der Waals surface area contributed by atoms with Crippen molar-refractivity contribution in [2.24, 2.45) is 0 Å². The Morgan fingerprint density at radius 1 is 1.30 bits per heavy atom. The lowest BCUT2D eigenvalue weighted by Crippen LogP contribution is -2.30. The second-order valence-electron chi connectivity index (χ2n) is 5.82. The number of benzene rings is 1. The van der Waals surface area contributed by atoms with Gasteiger partial charge in [-0.3, -0.25) is 15.0 Å². The van der Waals surface area contributed by atoms with Crippen LogP contribution in [0.3, 0.4) is 0 Å². The lowest BCUT2D eigenvalue weighted by atomic mass is 10.1. The van der Waals surface area contributed by atoms with Crippen molar-refractivity contribution in [2.45, 2.75) is 19.9 Å². The Morgan fingerprint density at radius 2 is 2.17 bits per heavy atom. The number of nitro groups is 1. The predicted octanol–water partition coefficient (Wildman–Crippen LogP) is 3.07. The molecule has 2 heterocycles. The van der Waals surface area contributed by atoms with Crippen LogP contribution in [0.5, 0.6) is 0 Å². The predicted molar refractivity (Wildman–Crippen MR) is 92.1 cm³/mol. The molecule has 0 aliphatic carbocycles. The summed E-state index contributed by atoms with van der Waals surface area (Å²) >= 11 is 1.63. The molecule has 0 amide bonds. The van der Waals surface area contributed by atoms with Crippen molar-refractivity contribution in [3.05, 3.63) is 50.5 Å². The summed E-state index contributed by atoms with van der Waals surface area (Å²) in [6, 6.07) is 5.40. The Hall–Kier alpha value is -1.99. The van der Waals surface area contributed by atoms with Crippen molar-refractivity contribution < 1.29 is 4.92 Å². The minimum atomic E-state index is -0.322. The minimum absolute atomic E-state index is 0.189. The summed E-state index contributed by atoms with van der Waals surface area (Å²) in [5.74, 6) is 0. The molecule has 122 valence electrons. The maximum Gasteiger partial charge on any atom is 0.272 e. The maximum atomic E-state index is 10.9. The fourth-order valence-electron chi connectivity index (χ4n) is 2.97. The molecular formula is C16H20N4O2S. The molecular weight excluding hydrogens is 312 g/mol. The van der Waals surface area contributed by atoms with Crippen molar-refractivity contribution >= 4 is 22.7 Å². The number of aromatic nitrogens is 1. The highest BCUT2D eigenvalue weighted by molar-refractivity contribution is 7.07. The van der Waals surface area contributed by atoms with E-state index < -0.39 is 0 Å². The maximum absolute atomic E-state index is 10.9. The number of rotatable bonds is 4. The molecule has 1 aromatic heterocycles. The van der Waals surface area contributed by atoms with Crippen molar-refractivity contribution in [1.82, 2.24) is 9.88 Å². The van der Waals surface area contributed by atoms with Crippen LogP contribution < -0.4 is 4.90 Å². The Bertz CT molecular complexity index is 675. The first-order valence-electron chi connectivity index (χ1n) is 7.73. The third kappa shape index (κ3) is 3.86. The van der Waals surface area contributed by atoms with Gasteiger partial charge in [0.1, 0.15) is 0 Å².